The molecule has 0 aliphatic heterocycles. The Bertz CT molecular complexity index is 37.9. The Labute approximate surface area is 101 Å². The van der Waals surface area contributed by atoms with E-state index in [0.29, 0.717) is 0 Å². The summed E-state index contributed by atoms with van der Waals surface area (Å²) in [7, 11) is 0. The van der Waals surface area contributed by atoms with E-state index < -0.39 is 5.09 Å². The van der Waals surface area contributed by atoms with Crippen molar-refractivity contribution < 1.29 is 78.9 Å². The predicted octanol–water partition coefficient (Wildman–Crippen LogP) is -4.69. The molecule has 0 aromatic carbocycles. The molecule has 42 valence electrons. The van der Waals surface area contributed by atoms with Crippen LogP contribution in [0.25, 0.3) is 0 Å². The van der Waals surface area contributed by atoms with Crippen LogP contribution < -0.4 is 51.4 Å². The average Bonchev–Trinajstić information content (AvgIpc) is 0.811. The fourth-order valence-corrected chi connectivity index (χ4v) is 0. The van der Waals surface area contributed by atoms with Crippen molar-refractivity contribution in [2.45, 2.75) is 0 Å². The first kappa shape index (κ1) is 23.4. The molecule has 0 unspecified atom stereocenters. The van der Waals surface area contributed by atoms with Gasteiger partial charge in [0, 0.05) is 0 Å². The second-order valence-corrected chi connectivity index (χ2v) is 0.224. The number of rotatable bonds is 0. The zero-order chi connectivity index (χ0) is 3.58. The summed E-state index contributed by atoms with van der Waals surface area (Å²) >= 11 is 0. The van der Waals surface area contributed by atoms with E-state index in [2.05, 4.69) is 0 Å². The summed E-state index contributed by atoms with van der Waals surface area (Å²) in [5.41, 5.74) is 0. The van der Waals surface area contributed by atoms with Crippen LogP contribution in [-0.2, 0) is 22.4 Å². The van der Waals surface area contributed by atoms with Crippen LogP contribution in [0.4, 0.5) is 0 Å². The summed E-state index contributed by atoms with van der Waals surface area (Å²) < 4.78 is 0. The molecule has 0 heterocycles. The summed E-state index contributed by atoms with van der Waals surface area (Å²) in [4.78, 5) is 8.25. The van der Waals surface area contributed by atoms with Crippen molar-refractivity contribution in [2.75, 3.05) is 0 Å². The van der Waals surface area contributed by atoms with Crippen LogP contribution in [0, 0.1) is 15.3 Å². The number of nitrogens with zero attached hydrogens (tertiary/aromatic N) is 1. The molecule has 0 bridgehead atoms. The van der Waals surface area contributed by atoms with Crippen LogP contribution in [0.15, 0.2) is 0 Å². The van der Waals surface area contributed by atoms with E-state index >= 15 is 0 Å². The zero-order valence-corrected chi connectivity index (χ0v) is 7.58. The molecule has 7 heavy (non-hydrogen) atoms. The number of hydrogen-bond donors (Lipinski definition) is 0. The minimum absolute atomic E-state index is 0. The molecular formula is H4AgBKNO3. The number of hydrogen-bond acceptors (Lipinski definition) is 3. The second-order valence-electron chi connectivity index (χ2n) is 0.224. The molecule has 7 heteroatoms. The van der Waals surface area contributed by atoms with Gasteiger partial charge in [-0.25, -0.2) is 0 Å². The third kappa shape index (κ3) is 90.3. The van der Waals surface area contributed by atoms with E-state index in [-0.39, 0.29) is 82.2 Å². The molecule has 0 rings (SSSR count). The van der Waals surface area contributed by atoms with E-state index in [4.69, 9.17) is 15.3 Å². The minimum atomic E-state index is -1.75. The Morgan fingerprint density at radius 1 is 1.29 bits per heavy atom. The van der Waals surface area contributed by atoms with Gasteiger partial charge in [-0.05, 0) is 0 Å². The molecule has 0 amide bonds. The summed E-state index contributed by atoms with van der Waals surface area (Å²) in [5, 5.41) is 14.8. The third-order valence-corrected chi connectivity index (χ3v) is 0. The average molecular weight is 224 g/mol. The van der Waals surface area contributed by atoms with E-state index in [0.717, 1.165) is 0 Å². The van der Waals surface area contributed by atoms with Gasteiger partial charge in [0.25, 0.3) is 0 Å². The molecule has 4 nitrogen and oxygen atoms in total. The normalized spacial score (nSPS) is 3.43. The van der Waals surface area contributed by atoms with Gasteiger partial charge in [-0.1, -0.05) is 8.41 Å². The van der Waals surface area contributed by atoms with E-state index in [9.17, 15) is 0 Å². The van der Waals surface area contributed by atoms with Crippen LogP contribution in [0.5, 0.6) is 0 Å². The third-order valence-electron chi connectivity index (χ3n) is 0. The van der Waals surface area contributed by atoms with Crippen molar-refractivity contribution in [3.05, 3.63) is 15.3 Å². The largest absolute Gasteiger partial charge is 1.00 e. The summed E-state index contributed by atoms with van der Waals surface area (Å²) in [6.07, 6.45) is 0. The van der Waals surface area contributed by atoms with Crippen molar-refractivity contribution in [1.29, 1.82) is 0 Å². The van der Waals surface area contributed by atoms with Crippen LogP contribution in [0.3, 0.4) is 0 Å². The predicted molar refractivity (Wildman–Crippen MR) is 21.7 cm³/mol. The molecule has 0 saturated heterocycles. The van der Waals surface area contributed by atoms with Gasteiger partial charge in [0.15, 0.2) is 0 Å². The molecule has 0 spiro atoms. The van der Waals surface area contributed by atoms with Gasteiger partial charge in [0.1, 0.15) is 0 Å². The maximum atomic E-state index is 8.25. The summed E-state index contributed by atoms with van der Waals surface area (Å²) in [5.74, 6) is 0. The van der Waals surface area contributed by atoms with Gasteiger partial charge < -0.3 is 15.3 Å². The Balaban J connectivity index is -0.0000000150. The van der Waals surface area contributed by atoms with Crippen molar-refractivity contribution in [3.8, 4) is 0 Å². The van der Waals surface area contributed by atoms with Crippen LogP contribution in [-0.4, -0.2) is 13.5 Å². The van der Waals surface area contributed by atoms with E-state index in [1.165, 1.54) is 0 Å². The molecule has 0 aromatic heterocycles. The van der Waals surface area contributed by atoms with Gasteiger partial charge >= 0.3 is 73.8 Å². The summed E-state index contributed by atoms with van der Waals surface area (Å²) in [6.45, 7) is 0. The second kappa shape index (κ2) is 15.6. The summed E-state index contributed by atoms with van der Waals surface area (Å²) in [6, 6.07) is 0. The van der Waals surface area contributed by atoms with Crippen LogP contribution in [0.1, 0.15) is 0 Å². The molecule has 0 aliphatic carbocycles. The maximum Gasteiger partial charge on any atom is 1.00 e. The standard InChI is InChI=1S/Ag.BH4.K.NO3/c;;;2-1(3)4/h;1H4;;/q+1;-1;+1;-1. The molecule has 0 saturated carbocycles. The van der Waals surface area contributed by atoms with E-state index in [1.54, 1.807) is 0 Å². The fourth-order valence-electron chi connectivity index (χ4n) is 0. The van der Waals surface area contributed by atoms with Gasteiger partial charge in [0.05, 0.1) is 5.09 Å². The molecule has 0 atom stereocenters. The van der Waals surface area contributed by atoms with Gasteiger partial charge in [-0.2, -0.15) is 0 Å². The quantitative estimate of drug-likeness (QED) is 0.236. The Morgan fingerprint density at radius 2 is 1.29 bits per heavy atom. The minimum Gasteiger partial charge on any atom is -0.356 e. The topological polar surface area (TPSA) is 66.2 Å². The Morgan fingerprint density at radius 3 is 1.29 bits per heavy atom. The van der Waals surface area contributed by atoms with E-state index in [1.807, 2.05) is 0 Å². The van der Waals surface area contributed by atoms with Gasteiger partial charge in [-0.3, -0.25) is 0 Å². The SMILES string of the molecule is O=[N+]([O-])[O-].[Ag+].[BH4-].[K+]. The Kier molecular flexibility index (Phi) is 52.4. The molecule has 0 N–H and O–H groups in total. The first-order valence-corrected chi connectivity index (χ1v) is 0.548. The first-order valence-electron chi connectivity index (χ1n) is 0.548. The fraction of sp³-hybridized carbons (Fsp3) is 0. The van der Waals surface area contributed by atoms with Crippen molar-refractivity contribution >= 4 is 8.41 Å². The Hall–Kier alpha value is 1.64. The van der Waals surface area contributed by atoms with Crippen molar-refractivity contribution in [2.24, 2.45) is 0 Å². The first-order chi connectivity index (χ1) is 1.73. The van der Waals surface area contributed by atoms with Gasteiger partial charge in [0.2, 0.25) is 0 Å². The van der Waals surface area contributed by atoms with Crippen LogP contribution in [0.2, 0.25) is 0 Å². The van der Waals surface area contributed by atoms with Crippen LogP contribution >= 0.6 is 0 Å². The molecule has 0 radical (unpaired) electrons. The smallest absolute Gasteiger partial charge is 0.356 e. The van der Waals surface area contributed by atoms with Gasteiger partial charge in [-0.15, -0.1) is 0 Å². The maximum absolute atomic E-state index is 8.25. The molecule has 0 fully saturated rings. The molecule has 0 aromatic rings. The molecule has 0 aliphatic rings. The monoisotopic (exact) mass is 223 g/mol. The zero-order valence-electron chi connectivity index (χ0n) is 2.97. The van der Waals surface area contributed by atoms with Crippen molar-refractivity contribution in [3.63, 3.8) is 0 Å². The molecular weight excluding hydrogens is 220 g/mol. The van der Waals surface area contributed by atoms with Crippen molar-refractivity contribution in [1.82, 2.24) is 0 Å².